The SMILES string of the molecule is Cc1cc(F)ccc1S(=O)(=O)NC[C@@H](c1ccsc1)N1CCOCC1. The van der Waals surface area contributed by atoms with Crippen molar-refractivity contribution >= 4 is 21.4 Å². The minimum atomic E-state index is -3.70. The zero-order valence-electron chi connectivity index (χ0n) is 13.9. The molecule has 1 N–H and O–H groups in total. The van der Waals surface area contributed by atoms with E-state index in [1.807, 2.05) is 16.8 Å². The van der Waals surface area contributed by atoms with Gasteiger partial charge in [0.2, 0.25) is 10.0 Å². The number of aryl methyl sites for hydroxylation is 1. The van der Waals surface area contributed by atoms with Crippen LogP contribution in [0.15, 0.2) is 39.9 Å². The summed E-state index contributed by atoms with van der Waals surface area (Å²) in [6.45, 7) is 4.66. The number of benzene rings is 1. The normalized spacial score (nSPS) is 17.5. The second kappa shape index (κ2) is 7.92. The molecule has 0 amide bonds. The van der Waals surface area contributed by atoms with Gasteiger partial charge in [0.15, 0.2) is 0 Å². The van der Waals surface area contributed by atoms with Gasteiger partial charge in [-0.2, -0.15) is 11.3 Å². The molecule has 1 atom stereocenters. The summed E-state index contributed by atoms with van der Waals surface area (Å²) in [6.07, 6.45) is 0. The molecule has 0 saturated carbocycles. The molecule has 25 heavy (non-hydrogen) atoms. The lowest BCUT2D eigenvalue weighted by atomic mass is 10.1. The highest BCUT2D eigenvalue weighted by molar-refractivity contribution is 7.89. The minimum Gasteiger partial charge on any atom is -0.379 e. The molecule has 1 aliphatic rings. The fourth-order valence-corrected chi connectivity index (χ4v) is 4.96. The maximum absolute atomic E-state index is 13.2. The Morgan fingerprint density at radius 1 is 1.32 bits per heavy atom. The number of nitrogens with zero attached hydrogens (tertiary/aromatic N) is 1. The van der Waals surface area contributed by atoms with Crippen LogP contribution in [0.1, 0.15) is 17.2 Å². The number of morpholine rings is 1. The second-order valence-electron chi connectivity index (χ2n) is 5.98. The molecule has 2 heterocycles. The van der Waals surface area contributed by atoms with Crippen LogP contribution in [0.25, 0.3) is 0 Å². The van der Waals surface area contributed by atoms with Crippen molar-refractivity contribution in [2.75, 3.05) is 32.8 Å². The molecule has 1 aliphatic heterocycles. The first-order valence-corrected chi connectivity index (χ1v) is 10.5. The molecular weight excluding hydrogens is 363 g/mol. The predicted octanol–water partition coefficient (Wildman–Crippen LogP) is 2.55. The zero-order valence-corrected chi connectivity index (χ0v) is 15.6. The van der Waals surface area contributed by atoms with Crippen LogP contribution in [0.3, 0.4) is 0 Å². The van der Waals surface area contributed by atoms with Gasteiger partial charge in [-0.15, -0.1) is 0 Å². The third-order valence-corrected chi connectivity index (χ3v) is 6.59. The highest BCUT2D eigenvalue weighted by atomic mass is 32.2. The maximum Gasteiger partial charge on any atom is 0.240 e. The molecule has 1 aromatic carbocycles. The van der Waals surface area contributed by atoms with Crippen LogP contribution in [0.2, 0.25) is 0 Å². The summed E-state index contributed by atoms with van der Waals surface area (Å²) in [6, 6.07) is 5.67. The fourth-order valence-electron chi connectivity index (χ4n) is 2.99. The molecule has 136 valence electrons. The van der Waals surface area contributed by atoms with Crippen molar-refractivity contribution in [1.82, 2.24) is 9.62 Å². The number of thiophene rings is 1. The van der Waals surface area contributed by atoms with E-state index in [1.165, 1.54) is 18.2 Å². The number of sulfonamides is 1. The maximum atomic E-state index is 13.2. The summed E-state index contributed by atoms with van der Waals surface area (Å²) in [5.74, 6) is -0.444. The Kier molecular flexibility index (Phi) is 5.85. The van der Waals surface area contributed by atoms with Gasteiger partial charge in [-0.05, 0) is 53.1 Å². The lowest BCUT2D eigenvalue weighted by molar-refractivity contribution is 0.0173. The second-order valence-corrected chi connectivity index (χ2v) is 8.50. The predicted molar refractivity (Wildman–Crippen MR) is 95.8 cm³/mol. The van der Waals surface area contributed by atoms with E-state index in [0.717, 1.165) is 18.7 Å². The molecule has 0 bridgehead atoms. The van der Waals surface area contributed by atoms with Crippen LogP contribution in [0.4, 0.5) is 4.39 Å². The summed E-state index contributed by atoms with van der Waals surface area (Å²) < 4.78 is 46.6. The van der Waals surface area contributed by atoms with Crippen LogP contribution in [0, 0.1) is 12.7 Å². The smallest absolute Gasteiger partial charge is 0.240 e. The Labute approximate surface area is 151 Å². The van der Waals surface area contributed by atoms with Crippen molar-refractivity contribution < 1.29 is 17.5 Å². The highest BCUT2D eigenvalue weighted by Gasteiger charge is 2.26. The summed E-state index contributed by atoms with van der Waals surface area (Å²) in [5, 5.41) is 4.03. The van der Waals surface area contributed by atoms with Gasteiger partial charge in [-0.3, -0.25) is 4.90 Å². The molecule has 0 spiro atoms. The molecule has 1 saturated heterocycles. The molecule has 0 radical (unpaired) electrons. The molecule has 1 fully saturated rings. The van der Waals surface area contributed by atoms with Crippen molar-refractivity contribution in [1.29, 1.82) is 0 Å². The van der Waals surface area contributed by atoms with E-state index in [-0.39, 0.29) is 17.5 Å². The van der Waals surface area contributed by atoms with Gasteiger partial charge in [0.25, 0.3) is 0 Å². The quantitative estimate of drug-likeness (QED) is 0.832. The Bertz CT molecular complexity index is 803. The highest BCUT2D eigenvalue weighted by Crippen LogP contribution is 2.24. The molecular formula is C17H21FN2O3S2. The number of hydrogen-bond acceptors (Lipinski definition) is 5. The third kappa shape index (κ3) is 4.45. The van der Waals surface area contributed by atoms with E-state index in [0.29, 0.717) is 18.8 Å². The zero-order chi connectivity index (χ0) is 17.9. The van der Waals surface area contributed by atoms with Crippen molar-refractivity contribution in [3.63, 3.8) is 0 Å². The lowest BCUT2D eigenvalue weighted by Gasteiger charge is -2.34. The average molecular weight is 384 g/mol. The monoisotopic (exact) mass is 384 g/mol. The van der Waals surface area contributed by atoms with Crippen LogP contribution in [0.5, 0.6) is 0 Å². The minimum absolute atomic E-state index is 0.0503. The van der Waals surface area contributed by atoms with E-state index in [2.05, 4.69) is 9.62 Å². The van der Waals surface area contributed by atoms with E-state index >= 15 is 0 Å². The summed E-state index contributed by atoms with van der Waals surface area (Å²) >= 11 is 1.59. The van der Waals surface area contributed by atoms with Gasteiger partial charge >= 0.3 is 0 Å². The largest absolute Gasteiger partial charge is 0.379 e. The molecule has 8 heteroatoms. The molecule has 5 nitrogen and oxygen atoms in total. The van der Waals surface area contributed by atoms with Gasteiger partial charge in [0.05, 0.1) is 18.1 Å². The van der Waals surface area contributed by atoms with E-state index in [4.69, 9.17) is 4.74 Å². The Morgan fingerprint density at radius 2 is 2.08 bits per heavy atom. The topological polar surface area (TPSA) is 58.6 Å². The Hall–Kier alpha value is -1.32. The fraction of sp³-hybridized carbons (Fsp3) is 0.412. The Morgan fingerprint density at radius 3 is 2.72 bits per heavy atom. The number of ether oxygens (including phenoxy) is 1. The molecule has 1 aromatic heterocycles. The van der Waals surface area contributed by atoms with E-state index < -0.39 is 15.8 Å². The van der Waals surface area contributed by atoms with Crippen LogP contribution < -0.4 is 4.72 Å². The number of hydrogen-bond donors (Lipinski definition) is 1. The summed E-state index contributed by atoms with van der Waals surface area (Å²) in [7, 11) is -3.70. The van der Waals surface area contributed by atoms with Crippen LogP contribution in [-0.4, -0.2) is 46.2 Å². The third-order valence-electron chi connectivity index (χ3n) is 4.31. The number of nitrogens with one attached hydrogen (secondary N) is 1. The first kappa shape index (κ1) is 18.5. The van der Waals surface area contributed by atoms with Gasteiger partial charge in [-0.25, -0.2) is 17.5 Å². The summed E-state index contributed by atoms with van der Waals surface area (Å²) in [5.41, 5.74) is 1.48. The average Bonchev–Trinajstić information content (AvgIpc) is 3.10. The molecule has 0 unspecified atom stereocenters. The van der Waals surface area contributed by atoms with Crippen LogP contribution >= 0.6 is 11.3 Å². The van der Waals surface area contributed by atoms with Crippen molar-refractivity contribution in [3.8, 4) is 0 Å². The van der Waals surface area contributed by atoms with E-state index in [1.54, 1.807) is 18.3 Å². The first-order valence-electron chi connectivity index (χ1n) is 8.07. The van der Waals surface area contributed by atoms with Gasteiger partial charge < -0.3 is 4.74 Å². The van der Waals surface area contributed by atoms with Crippen molar-refractivity contribution in [2.45, 2.75) is 17.9 Å². The van der Waals surface area contributed by atoms with Crippen molar-refractivity contribution in [3.05, 3.63) is 52.0 Å². The standard InChI is InChI=1S/C17H21FN2O3S2/c1-13-10-15(18)2-3-17(13)25(21,22)19-11-16(14-4-9-24-12-14)20-5-7-23-8-6-20/h2-4,9-10,12,16,19H,5-8,11H2,1H3/t16-/m0/s1. The van der Waals surface area contributed by atoms with Gasteiger partial charge in [0, 0.05) is 25.7 Å². The summed E-state index contributed by atoms with van der Waals surface area (Å²) in [4.78, 5) is 2.34. The lowest BCUT2D eigenvalue weighted by Crippen LogP contribution is -2.43. The first-order chi connectivity index (χ1) is 12.0. The number of halogens is 1. The van der Waals surface area contributed by atoms with Gasteiger partial charge in [0.1, 0.15) is 5.82 Å². The molecule has 2 aromatic rings. The number of rotatable bonds is 6. The van der Waals surface area contributed by atoms with Crippen molar-refractivity contribution in [2.24, 2.45) is 0 Å². The van der Waals surface area contributed by atoms with Crippen LogP contribution in [-0.2, 0) is 14.8 Å². The Balaban J connectivity index is 1.78. The van der Waals surface area contributed by atoms with E-state index in [9.17, 15) is 12.8 Å². The van der Waals surface area contributed by atoms with Gasteiger partial charge in [-0.1, -0.05) is 0 Å². The molecule has 3 rings (SSSR count). The molecule has 0 aliphatic carbocycles.